The number of unbranched alkanes of at least 4 members (excludes halogenated alkanes) is 1. The summed E-state index contributed by atoms with van der Waals surface area (Å²) in [5, 5.41) is 0. The highest BCUT2D eigenvalue weighted by atomic mass is 16.3. The Balaban J connectivity index is 2.31. The van der Waals surface area contributed by atoms with Gasteiger partial charge in [-0.25, -0.2) is 0 Å². The van der Waals surface area contributed by atoms with E-state index in [4.69, 9.17) is 4.42 Å². The molecule has 0 spiro atoms. The molecule has 0 bridgehead atoms. The number of carbonyl (C=O) groups is 1. The molecule has 0 aliphatic heterocycles. The standard InChI is InChI=1S/C15H16O2/c1-2-3-7-13-10-14(17-15(13)11-16)12-8-5-4-6-9-12/h4-6,8-11H,2-3,7H2,1H3. The molecule has 1 aromatic carbocycles. The first-order chi connectivity index (χ1) is 8.35. The fourth-order valence-electron chi connectivity index (χ4n) is 1.85. The van der Waals surface area contributed by atoms with Crippen LogP contribution in [0.1, 0.15) is 35.9 Å². The van der Waals surface area contributed by atoms with Gasteiger partial charge in [0.25, 0.3) is 0 Å². The molecule has 0 unspecified atom stereocenters. The van der Waals surface area contributed by atoms with E-state index in [0.717, 1.165) is 42.4 Å². The third kappa shape index (κ3) is 2.64. The summed E-state index contributed by atoms with van der Waals surface area (Å²) in [5.74, 6) is 1.25. The SMILES string of the molecule is CCCCc1cc(-c2ccccc2)oc1C=O. The van der Waals surface area contributed by atoms with E-state index in [0.29, 0.717) is 5.76 Å². The minimum absolute atomic E-state index is 0.470. The van der Waals surface area contributed by atoms with Crippen molar-refractivity contribution in [3.05, 3.63) is 47.7 Å². The molecule has 88 valence electrons. The zero-order chi connectivity index (χ0) is 12.1. The van der Waals surface area contributed by atoms with Gasteiger partial charge in [-0.2, -0.15) is 0 Å². The molecule has 1 aromatic heterocycles. The molecule has 0 aliphatic rings. The molecule has 0 atom stereocenters. The van der Waals surface area contributed by atoms with Crippen LogP contribution in [0.5, 0.6) is 0 Å². The number of furan rings is 1. The maximum absolute atomic E-state index is 10.9. The summed E-state index contributed by atoms with van der Waals surface area (Å²) in [6.45, 7) is 2.14. The highest BCUT2D eigenvalue weighted by molar-refractivity contribution is 5.75. The van der Waals surface area contributed by atoms with E-state index in [2.05, 4.69) is 6.92 Å². The molecule has 0 amide bonds. The Bertz CT molecular complexity index is 483. The smallest absolute Gasteiger partial charge is 0.185 e. The molecule has 2 heteroatoms. The van der Waals surface area contributed by atoms with Crippen molar-refractivity contribution < 1.29 is 9.21 Å². The van der Waals surface area contributed by atoms with E-state index in [1.54, 1.807) is 0 Å². The summed E-state index contributed by atoms with van der Waals surface area (Å²) in [4.78, 5) is 10.9. The minimum Gasteiger partial charge on any atom is -0.453 e. The second kappa shape index (κ2) is 5.48. The Labute approximate surface area is 101 Å². The van der Waals surface area contributed by atoms with Crippen molar-refractivity contribution in [3.8, 4) is 11.3 Å². The van der Waals surface area contributed by atoms with Crippen molar-refractivity contribution in [2.24, 2.45) is 0 Å². The summed E-state index contributed by atoms with van der Waals surface area (Å²) in [6, 6.07) is 11.8. The molecule has 1 heterocycles. The van der Waals surface area contributed by atoms with Crippen LogP contribution in [-0.2, 0) is 6.42 Å². The Kier molecular flexibility index (Phi) is 3.76. The number of rotatable bonds is 5. The average molecular weight is 228 g/mol. The lowest BCUT2D eigenvalue weighted by Crippen LogP contribution is -1.86. The van der Waals surface area contributed by atoms with Crippen molar-refractivity contribution in [2.75, 3.05) is 0 Å². The average Bonchev–Trinajstić information content (AvgIpc) is 2.80. The largest absolute Gasteiger partial charge is 0.453 e. The molecule has 0 saturated carbocycles. The van der Waals surface area contributed by atoms with Crippen LogP contribution in [-0.4, -0.2) is 6.29 Å². The zero-order valence-electron chi connectivity index (χ0n) is 9.98. The quantitative estimate of drug-likeness (QED) is 0.721. The number of aryl methyl sites for hydroxylation is 1. The molecule has 0 N–H and O–H groups in total. The predicted octanol–water partition coefficient (Wildman–Crippen LogP) is 4.10. The van der Waals surface area contributed by atoms with Gasteiger partial charge in [-0.05, 0) is 18.9 Å². The van der Waals surface area contributed by atoms with Crippen LogP contribution >= 0.6 is 0 Å². The van der Waals surface area contributed by atoms with E-state index < -0.39 is 0 Å². The first-order valence-electron chi connectivity index (χ1n) is 5.98. The van der Waals surface area contributed by atoms with Crippen molar-refractivity contribution in [2.45, 2.75) is 26.2 Å². The molecule has 2 nitrogen and oxygen atoms in total. The molecule has 0 saturated heterocycles. The second-order valence-corrected chi connectivity index (χ2v) is 4.09. The van der Waals surface area contributed by atoms with Crippen LogP contribution in [0.3, 0.4) is 0 Å². The molecular formula is C15H16O2. The van der Waals surface area contributed by atoms with Gasteiger partial charge >= 0.3 is 0 Å². The summed E-state index contributed by atoms with van der Waals surface area (Å²) >= 11 is 0. The van der Waals surface area contributed by atoms with E-state index >= 15 is 0 Å². The lowest BCUT2D eigenvalue weighted by atomic mass is 10.1. The Morgan fingerprint density at radius 2 is 2.00 bits per heavy atom. The molecule has 0 aliphatic carbocycles. The van der Waals surface area contributed by atoms with Gasteiger partial charge in [-0.3, -0.25) is 4.79 Å². The zero-order valence-corrected chi connectivity index (χ0v) is 9.98. The van der Waals surface area contributed by atoms with Gasteiger partial charge in [0.2, 0.25) is 0 Å². The predicted molar refractivity (Wildman–Crippen MR) is 68.1 cm³/mol. The highest BCUT2D eigenvalue weighted by Gasteiger charge is 2.10. The van der Waals surface area contributed by atoms with Crippen LogP contribution in [0.15, 0.2) is 40.8 Å². The fraction of sp³-hybridized carbons (Fsp3) is 0.267. The summed E-state index contributed by atoms with van der Waals surface area (Å²) in [7, 11) is 0. The van der Waals surface area contributed by atoms with Crippen LogP contribution in [0.25, 0.3) is 11.3 Å². The van der Waals surface area contributed by atoms with Crippen LogP contribution in [0, 0.1) is 0 Å². The van der Waals surface area contributed by atoms with E-state index in [-0.39, 0.29) is 0 Å². The molecule has 2 aromatic rings. The Morgan fingerprint density at radius 3 is 2.65 bits per heavy atom. The van der Waals surface area contributed by atoms with E-state index in [1.807, 2.05) is 36.4 Å². The van der Waals surface area contributed by atoms with E-state index in [9.17, 15) is 4.79 Å². The first kappa shape index (κ1) is 11.6. The Hall–Kier alpha value is -1.83. The fourth-order valence-corrected chi connectivity index (χ4v) is 1.85. The van der Waals surface area contributed by atoms with E-state index in [1.165, 1.54) is 0 Å². The Morgan fingerprint density at radius 1 is 1.24 bits per heavy atom. The van der Waals surface area contributed by atoms with Gasteiger partial charge in [-0.1, -0.05) is 43.7 Å². The number of aldehydes is 1. The number of benzene rings is 1. The summed E-state index contributed by atoms with van der Waals surface area (Å²) < 4.78 is 5.58. The number of hydrogen-bond acceptors (Lipinski definition) is 2. The van der Waals surface area contributed by atoms with Gasteiger partial charge in [0.05, 0.1) is 0 Å². The second-order valence-electron chi connectivity index (χ2n) is 4.09. The van der Waals surface area contributed by atoms with Crippen LogP contribution < -0.4 is 0 Å². The third-order valence-electron chi connectivity index (χ3n) is 2.81. The van der Waals surface area contributed by atoms with Gasteiger partial charge in [0.15, 0.2) is 12.0 Å². The van der Waals surface area contributed by atoms with Crippen molar-refractivity contribution >= 4 is 6.29 Å². The van der Waals surface area contributed by atoms with Gasteiger partial charge < -0.3 is 4.42 Å². The number of carbonyl (C=O) groups excluding carboxylic acids is 1. The van der Waals surface area contributed by atoms with Crippen molar-refractivity contribution in [3.63, 3.8) is 0 Å². The first-order valence-corrected chi connectivity index (χ1v) is 5.98. The normalized spacial score (nSPS) is 10.4. The lowest BCUT2D eigenvalue weighted by Gasteiger charge is -1.93. The highest BCUT2D eigenvalue weighted by Crippen LogP contribution is 2.25. The van der Waals surface area contributed by atoms with Crippen LogP contribution in [0.2, 0.25) is 0 Å². The molecule has 0 radical (unpaired) electrons. The van der Waals surface area contributed by atoms with Crippen molar-refractivity contribution in [1.82, 2.24) is 0 Å². The molecular weight excluding hydrogens is 212 g/mol. The summed E-state index contributed by atoms with van der Waals surface area (Å²) in [5.41, 5.74) is 2.03. The monoisotopic (exact) mass is 228 g/mol. The van der Waals surface area contributed by atoms with Gasteiger partial charge in [0.1, 0.15) is 5.76 Å². The summed E-state index contributed by atoms with van der Waals surface area (Å²) in [6.07, 6.45) is 3.90. The van der Waals surface area contributed by atoms with Crippen molar-refractivity contribution in [1.29, 1.82) is 0 Å². The van der Waals surface area contributed by atoms with Gasteiger partial charge in [-0.15, -0.1) is 0 Å². The third-order valence-corrected chi connectivity index (χ3v) is 2.81. The molecule has 0 fully saturated rings. The van der Waals surface area contributed by atoms with Gasteiger partial charge in [0, 0.05) is 11.1 Å². The molecule has 17 heavy (non-hydrogen) atoms. The van der Waals surface area contributed by atoms with Crippen LogP contribution in [0.4, 0.5) is 0 Å². The minimum atomic E-state index is 0.470. The lowest BCUT2D eigenvalue weighted by molar-refractivity contribution is 0.110. The maximum Gasteiger partial charge on any atom is 0.185 e. The maximum atomic E-state index is 10.9. The number of hydrogen-bond donors (Lipinski definition) is 0. The molecule has 2 rings (SSSR count). The topological polar surface area (TPSA) is 30.2 Å².